The molecule has 1 rings (SSSR count). The fraction of sp³-hybridized carbons (Fsp3) is 0.600. The van der Waals surface area contributed by atoms with Crippen LogP contribution in [0.25, 0.3) is 0 Å². The van der Waals surface area contributed by atoms with E-state index < -0.39 is 0 Å². The standard InChI is InChI=1S/C15H24O2/c1-15(2,3)13-7-9-14(10-8-13)17-12-6-5-11-16-4/h7-10H,5-6,11-12H2,1-4H3. The van der Waals surface area contributed by atoms with Gasteiger partial charge in [0.15, 0.2) is 0 Å². The highest BCUT2D eigenvalue weighted by Gasteiger charge is 2.12. The molecule has 0 aliphatic carbocycles. The van der Waals surface area contributed by atoms with E-state index in [2.05, 4.69) is 45.0 Å². The summed E-state index contributed by atoms with van der Waals surface area (Å²) in [4.78, 5) is 0. The molecule has 1 aromatic carbocycles. The van der Waals surface area contributed by atoms with Gasteiger partial charge in [-0.05, 0) is 36.0 Å². The van der Waals surface area contributed by atoms with E-state index in [1.54, 1.807) is 7.11 Å². The first-order valence-corrected chi connectivity index (χ1v) is 6.26. The van der Waals surface area contributed by atoms with Crippen molar-refractivity contribution in [3.63, 3.8) is 0 Å². The molecular formula is C15H24O2. The molecule has 0 atom stereocenters. The fourth-order valence-electron chi connectivity index (χ4n) is 1.59. The molecule has 0 amide bonds. The van der Waals surface area contributed by atoms with Crippen LogP contribution in [-0.2, 0) is 10.2 Å². The molecule has 2 nitrogen and oxygen atoms in total. The van der Waals surface area contributed by atoms with Crippen LogP contribution in [0.5, 0.6) is 5.75 Å². The zero-order valence-corrected chi connectivity index (χ0v) is 11.5. The lowest BCUT2D eigenvalue weighted by Gasteiger charge is -2.19. The molecule has 0 fully saturated rings. The Bertz CT molecular complexity index is 309. The molecule has 0 radical (unpaired) electrons. The van der Waals surface area contributed by atoms with Gasteiger partial charge < -0.3 is 9.47 Å². The monoisotopic (exact) mass is 236 g/mol. The molecule has 0 bridgehead atoms. The Hall–Kier alpha value is -1.02. The molecule has 0 saturated carbocycles. The molecule has 17 heavy (non-hydrogen) atoms. The van der Waals surface area contributed by atoms with Crippen molar-refractivity contribution in [2.24, 2.45) is 0 Å². The molecule has 0 aromatic heterocycles. The van der Waals surface area contributed by atoms with Gasteiger partial charge in [0.25, 0.3) is 0 Å². The van der Waals surface area contributed by atoms with Gasteiger partial charge in [0.1, 0.15) is 5.75 Å². The minimum absolute atomic E-state index is 0.205. The van der Waals surface area contributed by atoms with Gasteiger partial charge in [0.2, 0.25) is 0 Å². The molecule has 0 unspecified atom stereocenters. The van der Waals surface area contributed by atoms with E-state index in [4.69, 9.17) is 9.47 Å². The third-order valence-electron chi connectivity index (χ3n) is 2.73. The van der Waals surface area contributed by atoms with Crippen molar-refractivity contribution in [3.05, 3.63) is 29.8 Å². The SMILES string of the molecule is COCCCCOc1ccc(C(C)(C)C)cc1. The number of unbranched alkanes of at least 4 members (excludes halogenated alkanes) is 1. The first-order chi connectivity index (χ1) is 8.04. The number of rotatable bonds is 6. The van der Waals surface area contributed by atoms with Gasteiger partial charge in [-0.15, -0.1) is 0 Å². The molecule has 0 heterocycles. The second-order valence-corrected chi connectivity index (χ2v) is 5.32. The van der Waals surface area contributed by atoms with Crippen molar-refractivity contribution in [1.29, 1.82) is 0 Å². The number of hydrogen-bond acceptors (Lipinski definition) is 2. The Kier molecular flexibility index (Phi) is 5.49. The molecule has 96 valence electrons. The Morgan fingerprint density at radius 2 is 1.53 bits per heavy atom. The third-order valence-corrected chi connectivity index (χ3v) is 2.73. The van der Waals surface area contributed by atoms with Gasteiger partial charge in [-0.3, -0.25) is 0 Å². The quantitative estimate of drug-likeness (QED) is 0.700. The van der Waals surface area contributed by atoms with Crippen LogP contribution < -0.4 is 4.74 Å². The number of ether oxygens (including phenoxy) is 2. The van der Waals surface area contributed by atoms with Crippen molar-refractivity contribution in [2.45, 2.75) is 39.0 Å². The maximum atomic E-state index is 5.66. The topological polar surface area (TPSA) is 18.5 Å². The molecule has 0 spiro atoms. The largest absolute Gasteiger partial charge is 0.494 e. The fourth-order valence-corrected chi connectivity index (χ4v) is 1.59. The molecule has 0 N–H and O–H groups in total. The van der Waals surface area contributed by atoms with Gasteiger partial charge in [-0.1, -0.05) is 32.9 Å². The zero-order chi connectivity index (χ0) is 12.7. The van der Waals surface area contributed by atoms with E-state index in [0.717, 1.165) is 31.8 Å². The average Bonchev–Trinajstić information content (AvgIpc) is 2.28. The van der Waals surface area contributed by atoms with Crippen LogP contribution >= 0.6 is 0 Å². The summed E-state index contributed by atoms with van der Waals surface area (Å²) >= 11 is 0. The van der Waals surface area contributed by atoms with Crippen LogP contribution in [0.15, 0.2) is 24.3 Å². The summed E-state index contributed by atoms with van der Waals surface area (Å²) < 4.78 is 10.7. The molecule has 1 aromatic rings. The first kappa shape index (κ1) is 14.0. The Balaban J connectivity index is 2.36. The van der Waals surface area contributed by atoms with E-state index in [0.29, 0.717) is 0 Å². The van der Waals surface area contributed by atoms with Crippen molar-refractivity contribution in [2.75, 3.05) is 20.3 Å². The van der Waals surface area contributed by atoms with Crippen LogP contribution in [0, 0.1) is 0 Å². The molecular weight excluding hydrogens is 212 g/mol. The Morgan fingerprint density at radius 1 is 0.941 bits per heavy atom. The van der Waals surface area contributed by atoms with Crippen LogP contribution in [0.4, 0.5) is 0 Å². The summed E-state index contributed by atoms with van der Waals surface area (Å²) in [5.41, 5.74) is 1.54. The summed E-state index contributed by atoms with van der Waals surface area (Å²) in [6.07, 6.45) is 2.09. The minimum Gasteiger partial charge on any atom is -0.494 e. The predicted molar refractivity (Wildman–Crippen MR) is 71.7 cm³/mol. The summed E-state index contributed by atoms with van der Waals surface area (Å²) in [5, 5.41) is 0. The van der Waals surface area contributed by atoms with Crippen LogP contribution in [0.1, 0.15) is 39.2 Å². The second-order valence-electron chi connectivity index (χ2n) is 5.32. The van der Waals surface area contributed by atoms with Crippen LogP contribution in [-0.4, -0.2) is 20.3 Å². The van der Waals surface area contributed by atoms with Crippen LogP contribution in [0.3, 0.4) is 0 Å². The Labute approximate surface area is 105 Å². The maximum Gasteiger partial charge on any atom is 0.119 e. The van der Waals surface area contributed by atoms with E-state index in [9.17, 15) is 0 Å². The lowest BCUT2D eigenvalue weighted by Crippen LogP contribution is -2.10. The summed E-state index contributed by atoms with van der Waals surface area (Å²) in [5.74, 6) is 0.954. The van der Waals surface area contributed by atoms with Crippen molar-refractivity contribution < 1.29 is 9.47 Å². The van der Waals surface area contributed by atoms with Gasteiger partial charge in [-0.25, -0.2) is 0 Å². The van der Waals surface area contributed by atoms with Crippen molar-refractivity contribution in [3.8, 4) is 5.75 Å². The molecule has 2 heteroatoms. The Morgan fingerprint density at radius 3 is 2.06 bits per heavy atom. The average molecular weight is 236 g/mol. The second kappa shape index (κ2) is 6.65. The van der Waals surface area contributed by atoms with Gasteiger partial charge in [-0.2, -0.15) is 0 Å². The summed E-state index contributed by atoms with van der Waals surface area (Å²) in [6.45, 7) is 8.22. The number of benzene rings is 1. The zero-order valence-electron chi connectivity index (χ0n) is 11.5. The smallest absolute Gasteiger partial charge is 0.119 e. The molecule has 0 saturated heterocycles. The highest BCUT2D eigenvalue weighted by atomic mass is 16.5. The normalized spacial score (nSPS) is 11.5. The third kappa shape index (κ3) is 5.22. The molecule has 0 aliphatic rings. The van der Waals surface area contributed by atoms with Crippen molar-refractivity contribution in [1.82, 2.24) is 0 Å². The van der Waals surface area contributed by atoms with Crippen molar-refractivity contribution >= 4 is 0 Å². The van der Waals surface area contributed by atoms with E-state index >= 15 is 0 Å². The van der Waals surface area contributed by atoms with Crippen LogP contribution in [0.2, 0.25) is 0 Å². The summed E-state index contributed by atoms with van der Waals surface area (Å²) in [7, 11) is 1.73. The first-order valence-electron chi connectivity index (χ1n) is 6.26. The van der Waals surface area contributed by atoms with E-state index in [1.165, 1.54) is 5.56 Å². The highest BCUT2D eigenvalue weighted by molar-refractivity contribution is 5.31. The van der Waals surface area contributed by atoms with Gasteiger partial charge in [0.05, 0.1) is 6.61 Å². The predicted octanol–water partition coefficient (Wildman–Crippen LogP) is 3.79. The van der Waals surface area contributed by atoms with E-state index in [-0.39, 0.29) is 5.41 Å². The molecule has 0 aliphatic heterocycles. The lowest BCUT2D eigenvalue weighted by molar-refractivity contribution is 0.184. The lowest BCUT2D eigenvalue weighted by atomic mass is 9.87. The number of hydrogen-bond donors (Lipinski definition) is 0. The number of methoxy groups -OCH3 is 1. The van der Waals surface area contributed by atoms with Gasteiger partial charge in [0, 0.05) is 13.7 Å². The van der Waals surface area contributed by atoms with Gasteiger partial charge >= 0.3 is 0 Å². The van der Waals surface area contributed by atoms with E-state index in [1.807, 2.05) is 0 Å². The maximum absolute atomic E-state index is 5.66. The minimum atomic E-state index is 0.205. The highest BCUT2D eigenvalue weighted by Crippen LogP contribution is 2.24. The summed E-state index contributed by atoms with van der Waals surface area (Å²) in [6, 6.07) is 8.39.